The Bertz CT molecular complexity index is 1000. The Morgan fingerprint density at radius 3 is 1.36 bits per heavy atom. The van der Waals surface area contributed by atoms with Crippen LogP contribution in [0.4, 0.5) is 0 Å². The van der Waals surface area contributed by atoms with Crippen LogP contribution in [-0.4, -0.2) is 96.8 Å². The molecule has 1 rings (SSSR count). The Morgan fingerprint density at radius 2 is 0.946 bits per heavy atom. The number of amides is 1. The number of hydrogen-bond donors (Lipinski definition) is 8. The second kappa shape index (κ2) is 33.9. The van der Waals surface area contributed by atoms with Gasteiger partial charge < -0.3 is 40.8 Å². The topological polar surface area (TPSA) is 206 Å². The number of rotatable bonds is 37. The van der Waals surface area contributed by atoms with Crippen LogP contribution in [0.5, 0.6) is 0 Å². The molecule has 8 N–H and O–H groups in total. The highest BCUT2D eigenvalue weighted by molar-refractivity contribution is 7.47. The molecule has 0 saturated heterocycles. The van der Waals surface area contributed by atoms with Crippen molar-refractivity contribution in [1.29, 1.82) is 0 Å². The summed E-state index contributed by atoms with van der Waals surface area (Å²) in [5.74, 6) is -0.339. The zero-order valence-corrected chi connectivity index (χ0v) is 36.1. The molecule has 332 valence electrons. The van der Waals surface area contributed by atoms with E-state index in [9.17, 15) is 44.9 Å². The first-order valence-corrected chi connectivity index (χ1v) is 24.1. The van der Waals surface area contributed by atoms with Gasteiger partial charge in [-0.1, -0.05) is 187 Å². The number of carbonyl (C=O) groups excluding carboxylic acids is 1. The fourth-order valence-corrected chi connectivity index (χ4v) is 8.28. The van der Waals surface area contributed by atoms with Crippen molar-refractivity contribution in [2.75, 3.05) is 6.61 Å². The summed E-state index contributed by atoms with van der Waals surface area (Å²) in [6.45, 7) is 3.83. The van der Waals surface area contributed by atoms with Crippen LogP contribution >= 0.6 is 7.82 Å². The Labute approximate surface area is 339 Å². The number of hydrogen-bond acceptors (Lipinski definition) is 10. The van der Waals surface area contributed by atoms with Crippen LogP contribution in [0, 0.1) is 0 Å². The molecule has 56 heavy (non-hydrogen) atoms. The molecule has 1 fully saturated rings. The third kappa shape index (κ3) is 25.5. The predicted octanol–water partition coefficient (Wildman–Crippen LogP) is 8.06. The number of unbranched alkanes of at least 4 members (excludes halogenated alkanes) is 26. The second-order valence-corrected chi connectivity index (χ2v) is 17.7. The summed E-state index contributed by atoms with van der Waals surface area (Å²) < 4.78 is 22.9. The minimum absolute atomic E-state index is 0.218. The van der Waals surface area contributed by atoms with Crippen LogP contribution < -0.4 is 5.32 Å². The lowest BCUT2D eigenvalue weighted by Crippen LogP contribution is -2.64. The molecule has 0 bridgehead atoms. The summed E-state index contributed by atoms with van der Waals surface area (Å²) in [5.41, 5.74) is 0. The lowest BCUT2D eigenvalue weighted by atomic mass is 9.85. The molecule has 0 aromatic rings. The Balaban J connectivity index is 2.49. The van der Waals surface area contributed by atoms with E-state index in [2.05, 4.69) is 19.2 Å². The predicted molar refractivity (Wildman–Crippen MR) is 223 cm³/mol. The number of allylic oxidation sites excluding steroid dienone is 1. The number of nitrogens with one attached hydrogen (secondary N) is 1. The number of aliphatic hydroxyl groups excluding tert-OH is 6. The van der Waals surface area contributed by atoms with Gasteiger partial charge in [0.25, 0.3) is 0 Å². The van der Waals surface area contributed by atoms with Crippen LogP contribution in [0.1, 0.15) is 200 Å². The summed E-state index contributed by atoms with van der Waals surface area (Å²) in [4.78, 5) is 23.3. The SMILES string of the molecule is CCCCCCCCCCCC/C=C/[C@@H](O)[C@H](COP(=O)(O)OC1C(O)C(O)C(O)[C@@H](O)C1O)NC(=O)CCCCCCCCCCCCCCCCCCC. The quantitative estimate of drug-likeness (QED) is 0.0171. The first-order chi connectivity index (χ1) is 26.9. The molecular formula is C43H84NO11P. The molecule has 13 heteroatoms. The van der Waals surface area contributed by atoms with E-state index in [-0.39, 0.29) is 12.3 Å². The molecule has 0 spiro atoms. The van der Waals surface area contributed by atoms with Crippen molar-refractivity contribution in [2.24, 2.45) is 0 Å². The van der Waals surface area contributed by atoms with E-state index in [1.807, 2.05) is 6.08 Å². The third-order valence-corrected chi connectivity index (χ3v) is 12.1. The van der Waals surface area contributed by atoms with Crippen molar-refractivity contribution < 1.29 is 53.9 Å². The van der Waals surface area contributed by atoms with E-state index in [4.69, 9.17) is 9.05 Å². The van der Waals surface area contributed by atoms with Crippen molar-refractivity contribution >= 4 is 13.7 Å². The maximum absolute atomic E-state index is 12.9. The highest BCUT2D eigenvalue weighted by atomic mass is 31.2. The Morgan fingerprint density at radius 1 is 0.589 bits per heavy atom. The maximum Gasteiger partial charge on any atom is 0.472 e. The summed E-state index contributed by atoms with van der Waals surface area (Å²) >= 11 is 0. The molecule has 0 heterocycles. The molecule has 1 saturated carbocycles. The standard InChI is InChI=1S/C43H84NO11P/c1-3-5-7-9-11-13-15-17-18-19-20-21-23-25-27-29-31-33-37(46)44-35(36(45)32-30-28-26-24-22-16-14-12-10-8-6-4-2)34-54-56(52,53)55-43-41(50)39(48)38(47)40(49)42(43)51/h30,32,35-36,38-43,45,47-51H,3-29,31,33-34H2,1-2H3,(H,44,46)(H,52,53)/b32-30+/t35-,36+,38?,39+,40?,41?,42?,43?/m0/s1. The van der Waals surface area contributed by atoms with Crippen LogP contribution in [0.25, 0.3) is 0 Å². The maximum atomic E-state index is 12.9. The smallest absolute Gasteiger partial charge is 0.387 e. The van der Waals surface area contributed by atoms with Gasteiger partial charge in [-0.15, -0.1) is 0 Å². The van der Waals surface area contributed by atoms with E-state index in [1.165, 1.54) is 134 Å². The zero-order chi connectivity index (χ0) is 41.4. The second-order valence-electron chi connectivity index (χ2n) is 16.3. The lowest BCUT2D eigenvalue weighted by Gasteiger charge is -2.41. The number of carbonyl (C=O) groups is 1. The lowest BCUT2D eigenvalue weighted by molar-refractivity contribution is -0.220. The van der Waals surface area contributed by atoms with E-state index < -0.39 is 63.2 Å². The van der Waals surface area contributed by atoms with Gasteiger partial charge in [0.1, 0.15) is 36.6 Å². The molecule has 6 unspecified atom stereocenters. The summed E-state index contributed by atoms with van der Waals surface area (Å²) in [6, 6.07) is -1.11. The summed E-state index contributed by atoms with van der Waals surface area (Å²) in [5, 5.41) is 63.9. The van der Waals surface area contributed by atoms with Crippen molar-refractivity contribution in [3.05, 3.63) is 12.2 Å². The average Bonchev–Trinajstić information content (AvgIpc) is 3.18. The fraction of sp³-hybridized carbons (Fsp3) is 0.930. The normalized spacial score (nSPS) is 23.7. The van der Waals surface area contributed by atoms with Gasteiger partial charge in [-0.25, -0.2) is 4.57 Å². The summed E-state index contributed by atoms with van der Waals surface area (Å²) in [6.07, 6.45) is 24.3. The van der Waals surface area contributed by atoms with E-state index in [0.717, 1.165) is 44.9 Å². The first kappa shape index (κ1) is 53.1. The van der Waals surface area contributed by atoms with Gasteiger partial charge in [0, 0.05) is 6.42 Å². The van der Waals surface area contributed by atoms with Gasteiger partial charge in [-0.3, -0.25) is 13.8 Å². The average molecular weight is 822 g/mol. The summed E-state index contributed by atoms with van der Waals surface area (Å²) in [7, 11) is -5.07. The van der Waals surface area contributed by atoms with Gasteiger partial charge in [0.05, 0.1) is 18.8 Å². The van der Waals surface area contributed by atoms with Gasteiger partial charge >= 0.3 is 7.82 Å². The van der Waals surface area contributed by atoms with E-state index in [1.54, 1.807) is 0 Å². The van der Waals surface area contributed by atoms with Crippen molar-refractivity contribution in [1.82, 2.24) is 5.32 Å². The van der Waals surface area contributed by atoms with E-state index in [0.29, 0.717) is 6.42 Å². The van der Waals surface area contributed by atoms with Crippen LogP contribution in [-0.2, 0) is 18.4 Å². The van der Waals surface area contributed by atoms with Crippen LogP contribution in [0.3, 0.4) is 0 Å². The molecule has 9 atom stereocenters. The molecule has 0 aromatic carbocycles. The molecule has 1 amide bonds. The van der Waals surface area contributed by atoms with E-state index >= 15 is 0 Å². The number of phosphoric acid groups is 1. The molecule has 1 aliphatic carbocycles. The molecular weight excluding hydrogens is 737 g/mol. The van der Waals surface area contributed by atoms with Gasteiger partial charge in [0.15, 0.2) is 0 Å². The van der Waals surface area contributed by atoms with Crippen molar-refractivity contribution in [3.8, 4) is 0 Å². The third-order valence-electron chi connectivity index (χ3n) is 11.1. The van der Waals surface area contributed by atoms with Gasteiger partial charge in [-0.2, -0.15) is 0 Å². The monoisotopic (exact) mass is 822 g/mol. The van der Waals surface area contributed by atoms with Crippen LogP contribution in [0.15, 0.2) is 12.2 Å². The molecule has 0 radical (unpaired) electrons. The highest BCUT2D eigenvalue weighted by Gasteiger charge is 2.51. The van der Waals surface area contributed by atoms with Gasteiger partial charge in [-0.05, 0) is 19.3 Å². The molecule has 12 nitrogen and oxygen atoms in total. The molecule has 0 aromatic heterocycles. The molecule has 1 aliphatic rings. The Hall–Kier alpha value is -0.920. The fourth-order valence-electron chi connectivity index (χ4n) is 7.31. The minimum Gasteiger partial charge on any atom is -0.387 e. The van der Waals surface area contributed by atoms with Crippen LogP contribution in [0.2, 0.25) is 0 Å². The zero-order valence-electron chi connectivity index (χ0n) is 35.2. The highest BCUT2D eigenvalue weighted by Crippen LogP contribution is 2.47. The first-order valence-electron chi connectivity index (χ1n) is 22.6. The molecule has 0 aliphatic heterocycles. The Kier molecular flexibility index (Phi) is 32.1. The van der Waals surface area contributed by atoms with Gasteiger partial charge in [0.2, 0.25) is 5.91 Å². The largest absolute Gasteiger partial charge is 0.472 e. The number of phosphoric ester groups is 1. The number of aliphatic hydroxyl groups is 6. The van der Waals surface area contributed by atoms with Crippen molar-refractivity contribution in [3.63, 3.8) is 0 Å². The minimum atomic E-state index is -5.07. The van der Waals surface area contributed by atoms with Crippen molar-refractivity contribution in [2.45, 2.75) is 249 Å².